The number of thiocarbonyl (C=S) groups is 1. The molecule has 17 heavy (non-hydrogen) atoms. The van der Waals surface area contributed by atoms with Gasteiger partial charge in [0.2, 0.25) is 5.88 Å². The molecule has 4 nitrogen and oxygen atoms in total. The zero-order valence-electron chi connectivity index (χ0n) is 9.46. The third-order valence-electron chi connectivity index (χ3n) is 2.40. The molecule has 0 fully saturated rings. The molecule has 0 aromatic carbocycles. The van der Waals surface area contributed by atoms with Crippen molar-refractivity contribution in [2.75, 3.05) is 7.11 Å². The van der Waals surface area contributed by atoms with Crippen molar-refractivity contribution in [3.05, 3.63) is 47.9 Å². The minimum Gasteiger partial charge on any atom is -0.481 e. The minimum atomic E-state index is 0.387. The van der Waals surface area contributed by atoms with E-state index in [9.17, 15) is 0 Å². The van der Waals surface area contributed by atoms with Crippen LogP contribution in [0.1, 0.15) is 11.4 Å². The average Bonchev–Trinajstić information content (AvgIpc) is 2.77. The molecule has 0 amide bonds. The standard InChI is InChI=1S/C12H13N3OS/c1-16-11-6-2-4-9(14-11)8-15-7-3-5-10(15)12(13)17/h2-7H,8H2,1H3,(H2,13,17). The molecule has 5 heteroatoms. The summed E-state index contributed by atoms with van der Waals surface area (Å²) in [7, 11) is 1.60. The normalized spacial score (nSPS) is 10.2. The van der Waals surface area contributed by atoms with Gasteiger partial charge in [0.25, 0.3) is 0 Å². The summed E-state index contributed by atoms with van der Waals surface area (Å²) in [5.74, 6) is 0.603. The molecule has 2 aromatic heterocycles. The van der Waals surface area contributed by atoms with E-state index in [-0.39, 0.29) is 0 Å². The van der Waals surface area contributed by atoms with Gasteiger partial charge >= 0.3 is 0 Å². The fourth-order valence-corrected chi connectivity index (χ4v) is 1.79. The summed E-state index contributed by atoms with van der Waals surface area (Å²) < 4.78 is 7.04. The third-order valence-corrected chi connectivity index (χ3v) is 2.61. The smallest absolute Gasteiger partial charge is 0.213 e. The second kappa shape index (κ2) is 4.97. The second-order valence-corrected chi connectivity index (χ2v) is 4.00. The van der Waals surface area contributed by atoms with Crippen molar-refractivity contribution in [2.24, 2.45) is 5.73 Å². The van der Waals surface area contributed by atoms with Crippen LogP contribution in [-0.2, 0) is 6.54 Å². The van der Waals surface area contributed by atoms with Gasteiger partial charge in [-0.15, -0.1) is 0 Å². The quantitative estimate of drug-likeness (QED) is 0.833. The zero-order chi connectivity index (χ0) is 12.3. The molecule has 0 saturated carbocycles. The summed E-state index contributed by atoms with van der Waals surface area (Å²) in [6, 6.07) is 9.46. The maximum atomic E-state index is 5.63. The number of aromatic nitrogens is 2. The monoisotopic (exact) mass is 247 g/mol. The molecule has 0 atom stereocenters. The van der Waals surface area contributed by atoms with Crippen LogP contribution in [0.5, 0.6) is 5.88 Å². The van der Waals surface area contributed by atoms with E-state index in [1.54, 1.807) is 7.11 Å². The molecule has 88 valence electrons. The number of hydrogen-bond acceptors (Lipinski definition) is 3. The van der Waals surface area contributed by atoms with E-state index in [1.807, 2.05) is 41.1 Å². The first-order chi connectivity index (χ1) is 8.20. The van der Waals surface area contributed by atoms with Crippen molar-refractivity contribution in [3.63, 3.8) is 0 Å². The molecule has 2 N–H and O–H groups in total. The first-order valence-corrected chi connectivity index (χ1v) is 5.56. The van der Waals surface area contributed by atoms with Gasteiger partial charge in [0, 0.05) is 12.3 Å². The lowest BCUT2D eigenvalue weighted by Gasteiger charge is -2.08. The Morgan fingerprint density at radius 2 is 2.24 bits per heavy atom. The highest BCUT2D eigenvalue weighted by Crippen LogP contribution is 2.10. The maximum Gasteiger partial charge on any atom is 0.213 e. The lowest BCUT2D eigenvalue weighted by Crippen LogP contribution is -2.16. The van der Waals surface area contributed by atoms with E-state index in [0.717, 1.165) is 11.4 Å². The van der Waals surface area contributed by atoms with Gasteiger partial charge in [-0.25, -0.2) is 4.98 Å². The molecule has 0 aliphatic carbocycles. The van der Waals surface area contributed by atoms with Crippen LogP contribution < -0.4 is 10.5 Å². The lowest BCUT2D eigenvalue weighted by atomic mass is 10.3. The van der Waals surface area contributed by atoms with E-state index < -0.39 is 0 Å². The largest absolute Gasteiger partial charge is 0.481 e. The van der Waals surface area contributed by atoms with Crippen molar-refractivity contribution < 1.29 is 4.74 Å². The molecule has 0 aliphatic rings. The third kappa shape index (κ3) is 2.62. The van der Waals surface area contributed by atoms with Gasteiger partial charge in [-0.2, -0.15) is 0 Å². The number of nitrogens with zero attached hydrogens (tertiary/aromatic N) is 2. The molecular formula is C12H13N3OS. The van der Waals surface area contributed by atoms with E-state index >= 15 is 0 Å². The molecule has 0 unspecified atom stereocenters. The molecule has 0 spiro atoms. The van der Waals surface area contributed by atoms with Gasteiger partial charge in [0.05, 0.1) is 25.0 Å². The van der Waals surface area contributed by atoms with Crippen LogP contribution in [0.3, 0.4) is 0 Å². The molecule has 2 heterocycles. The van der Waals surface area contributed by atoms with Crippen LogP contribution in [-0.4, -0.2) is 21.6 Å². The number of pyridine rings is 1. The predicted octanol–water partition coefficient (Wildman–Crippen LogP) is 1.57. The van der Waals surface area contributed by atoms with E-state index in [4.69, 9.17) is 22.7 Å². The molecule has 2 aromatic rings. The van der Waals surface area contributed by atoms with Crippen molar-refractivity contribution >= 4 is 17.2 Å². The van der Waals surface area contributed by atoms with Crippen LogP contribution >= 0.6 is 12.2 Å². The van der Waals surface area contributed by atoms with Gasteiger partial charge < -0.3 is 15.0 Å². The van der Waals surface area contributed by atoms with E-state index in [2.05, 4.69) is 4.98 Å². The highest BCUT2D eigenvalue weighted by molar-refractivity contribution is 7.80. The number of methoxy groups -OCH3 is 1. The Morgan fingerprint density at radius 3 is 2.94 bits per heavy atom. The second-order valence-electron chi connectivity index (χ2n) is 3.56. The highest BCUT2D eigenvalue weighted by atomic mass is 32.1. The Kier molecular flexibility index (Phi) is 3.39. The van der Waals surface area contributed by atoms with Gasteiger partial charge in [-0.1, -0.05) is 18.3 Å². The van der Waals surface area contributed by atoms with Crippen molar-refractivity contribution in [2.45, 2.75) is 6.54 Å². The summed E-state index contributed by atoms with van der Waals surface area (Å²) in [4.78, 5) is 4.73. The SMILES string of the molecule is COc1cccc(Cn2cccc2C(N)=S)n1. The maximum absolute atomic E-state index is 5.63. The summed E-state index contributed by atoms with van der Waals surface area (Å²) in [6.07, 6.45) is 1.93. The summed E-state index contributed by atoms with van der Waals surface area (Å²) in [5.41, 5.74) is 7.37. The zero-order valence-corrected chi connectivity index (χ0v) is 10.3. The molecule has 0 saturated heterocycles. The van der Waals surface area contributed by atoms with Crippen molar-refractivity contribution in [3.8, 4) is 5.88 Å². The van der Waals surface area contributed by atoms with Gasteiger partial charge in [0.1, 0.15) is 4.99 Å². The van der Waals surface area contributed by atoms with Gasteiger partial charge in [-0.05, 0) is 18.2 Å². The highest BCUT2D eigenvalue weighted by Gasteiger charge is 2.05. The molecule has 2 rings (SSSR count). The minimum absolute atomic E-state index is 0.387. The van der Waals surface area contributed by atoms with Crippen LogP contribution in [0, 0.1) is 0 Å². The van der Waals surface area contributed by atoms with E-state index in [1.165, 1.54) is 0 Å². The van der Waals surface area contributed by atoms with Gasteiger partial charge in [-0.3, -0.25) is 0 Å². The Hall–Kier alpha value is -1.88. The van der Waals surface area contributed by atoms with Crippen LogP contribution in [0.25, 0.3) is 0 Å². The Balaban J connectivity index is 2.25. The average molecular weight is 247 g/mol. The van der Waals surface area contributed by atoms with Gasteiger partial charge in [0.15, 0.2) is 0 Å². The van der Waals surface area contributed by atoms with Crippen molar-refractivity contribution in [1.82, 2.24) is 9.55 Å². The first kappa shape index (κ1) is 11.6. The number of nitrogens with two attached hydrogens (primary N) is 1. The lowest BCUT2D eigenvalue weighted by molar-refractivity contribution is 0.396. The fourth-order valence-electron chi connectivity index (χ4n) is 1.61. The number of rotatable bonds is 4. The van der Waals surface area contributed by atoms with E-state index in [0.29, 0.717) is 17.4 Å². The fraction of sp³-hybridized carbons (Fsp3) is 0.167. The first-order valence-electron chi connectivity index (χ1n) is 5.15. The molecule has 0 bridgehead atoms. The van der Waals surface area contributed by atoms with Crippen LogP contribution in [0.4, 0.5) is 0 Å². The van der Waals surface area contributed by atoms with Crippen molar-refractivity contribution in [1.29, 1.82) is 0 Å². The van der Waals surface area contributed by atoms with Crippen LogP contribution in [0.15, 0.2) is 36.5 Å². The summed E-state index contributed by atoms with van der Waals surface area (Å²) in [5, 5.41) is 0. The predicted molar refractivity (Wildman–Crippen MR) is 70.2 cm³/mol. The summed E-state index contributed by atoms with van der Waals surface area (Å²) >= 11 is 4.98. The summed E-state index contributed by atoms with van der Waals surface area (Å²) in [6.45, 7) is 0.622. The topological polar surface area (TPSA) is 53.1 Å². The molecule has 0 radical (unpaired) electrons. The number of ether oxygens (including phenoxy) is 1. The van der Waals surface area contributed by atoms with Crippen LogP contribution in [0.2, 0.25) is 0 Å². The number of hydrogen-bond donors (Lipinski definition) is 1. The Morgan fingerprint density at radius 1 is 1.41 bits per heavy atom. The molecular weight excluding hydrogens is 234 g/mol. The Labute approximate surface area is 105 Å². The Bertz CT molecular complexity index is 536. The molecule has 0 aliphatic heterocycles.